The Morgan fingerprint density at radius 3 is 2.85 bits per heavy atom. The smallest absolute Gasteiger partial charge is 0.201 e. The molecule has 3 rings (SSSR count). The molecule has 0 aliphatic heterocycles. The fraction of sp³-hybridized carbons (Fsp3) is 0.533. The summed E-state index contributed by atoms with van der Waals surface area (Å²) in [6.07, 6.45) is 6.04. The van der Waals surface area contributed by atoms with Gasteiger partial charge in [-0.2, -0.15) is 11.8 Å². The van der Waals surface area contributed by atoms with Gasteiger partial charge in [-0.25, -0.2) is 4.98 Å². The Balaban J connectivity index is 2.02. The number of hydrogen-bond acceptors (Lipinski definition) is 4. The average molecular weight is 291 g/mol. The molecule has 20 heavy (non-hydrogen) atoms. The van der Waals surface area contributed by atoms with Gasteiger partial charge in [0.1, 0.15) is 11.3 Å². The first kappa shape index (κ1) is 13.6. The molecule has 5 heteroatoms. The minimum absolute atomic E-state index is 0.337. The maximum atomic E-state index is 6.15. The highest BCUT2D eigenvalue weighted by Gasteiger charge is 2.37. The number of fused-ring (bicyclic) bond motifs is 1. The number of ether oxygens (including phenoxy) is 1. The second-order valence-electron chi connectivity index (χ2n) is 5.35. The number of imidazole rings is 1. The van der Waals surface area contributed by atoms with Gasteiger partial charge in [0.05, 0.1) is 12.1 Å². The molecule has 0 spiro atoms. The van der Waals surface area contributed by atoms with Crippen molar-refractivity contribution in [3.8, 4) is 5.75 Å². The Kier molecular flexibility index (Phi) is 3.54. The van der Waals surface area contributed by atoms with Crippen molar-refractivity contribution in [3.05, 3.63) is 18.2 Å². The highest BCUT2D eigenvalue weighted by atomic mass is 32.2. The standard InChI is InChI=1S/C15H21N3OS/c1-3-19-12-7-4-6-11-13(12)17-14(16)18(11)10-15(20-2)8-5-9-15/h4,6-7H,3,5,8-10H2,1-2H3,(H2,16,17). The van der Waals surface area contributed by atoms with Gasteiger partial charge in [-0.15, -0.1) is 0 Å². The molecule has 1 aliphatic carbocycles. The van der Waals surface area contributed by atoms with Crippen LogP contribution < -0.4 is 10.5 Å². The predicted octanol–water partition coefficient (Wildman–Crippen LogP) is 3.30. The summed E-state index contributed by atoms with van der Waals surface area (Å²) in [5.41, 5.74) is 8.10. The normalized spacial score (nSPS) is 17.1. The molecule has 0 bridgehead atoms. The molecule has 1 aromatic carbocycles. The van der Waals surface area contributed by atoms with E-state index in [1.165, 1.54) is 19.3 Å². The fourth-order valence-electron chi connectivity index (χ4n) is 2.86. The Labute approximate surface area is 123 Å². The number of nitrogen functional groups attached to an aromatic ring is 1. The monoisotopic (exact) mass is 291 g/mol. The number of hydrogen-bond donors (Lipinski definition) is 1. The van der Waals surface area contributed by atoms with Crippen molar-refractivity contribution in [2.45, 2.75) is 37.5 Å². The summed E-state index contributed by atoms with van der Waals surface area (Å²) >= 11 is 1.95. The van der Waals surface area contributed by atoms with Gasteiger partial charge in [-0.1, -0.05) is 12.5 Å². The van der Waals surface area contributed by atoms with Crippen molar-refractivity contribution in [3.63, 3.8) is 0 Å². The van der Waals surface area contributed by atoms with Crippen LogP contribution in [-0.4, -0.2) is 27.2 Å². The van der Waals surface area contributed by atoms with Crippen LogP contribution in [0.3, 0.4) is 0 Å². The number of aromatic nitrogens is 2. The van der Waals surface area contributed by atoms with E-state index in [1.54, 1.807) is 0 Å². The largest absolute Gasteiger partial charge is 0.492 e. The third-order valence-corrected chi connectivity index (χ3v) is 5.62. The molecule has 1 saturated carbocycles. The van der Waals surface area contributed by atoms with Crippen LogP contribution in [0.5, 0.6) is 5.75 Å². The second kappa shape index (κ2) is 5.20. The van der Waals surface area contributed by atoms with Gasteiger partial charge in [0.25, 0.3) is 0 Å². The Morgan fingerprint density at radius 1 is 1.45 bits per heavy atom. The van der Waals surface area contributed by atoms with Crippen LogP contribution in [0.2, 0.25) is 0 Å². The lowest BCUT2D eigenvalue weighted by Gasteiger charge is -2.40. The average Bonchev–Trinajstić information content (AvgIpc) is 2.72. The zero-order chi connectivity index (χ0) is 14.2. The first-order valence-corrected chi connectivity index (χ1v) is 8.34. The third-order valence-electron chi connectivity index (χ3n) is 4.22. The predicted molar refractivity (Wildman–Crippen MR) is 85.4 cm³/mol. The van der Waals surface area contributed by atoms with E-state index in [4.69, 9.17) is 10.5 Å². The summed E-state index contributed by atoms with van der Waals surface area (Å²) in [5.74, 6) is 1.41. The van der Waals surface area contributed by atoms with Gasteiger partial charge in [0.15, 0.2) is 0 Å². The molecule has 1 aromatic heterocycles. The SMILES string of the molecule is CCOc1cccc2c1nc(N)n2CC1(SC)CCC1. The van der Waals surface area contributed by atoms with Crippen LogP contribution in [-0.2, 0) is 6.54 Å². The highest BCUT2D eigenvalue weighted by molar-refractivity contribution is 8.00. The van der Waals surface area contributed by atoms with Gasteiger partial charge in [-0.05, 0) is 38.2 Å². The van der Waals surface area contributed by atoms with Crippen molar-refractivity contribution in [2.24, 2.45) is 0 Å². The van der Waals surface area contributed by atoms with Crippen molar-refractivity contribution in [1.82, 2.24) is 9.55 Å². The maximum absolute atomic E-state index is 6.15. The van der Waals surface area contributed by atoms with Crippen molar-refractivity contribution in [2.75, 3.05) is 18.6 Å². The van der Waals surface area contributed by atoms with E-state index >= 15 is 0 Å². The van der Waals surface area contributed by atoms with Crippen LogP contribution in [0, 0.1) is 0 Å². The van der Waals surface area contributed by atoms with Crippen LogP contribution in [0.15, 0.2) is 18.2 Å². The zero-order valence-electron chi connectivity index (χ0n) is 12.1. The first-order valence-electron chi connectivity index (χ1n) is 7.12. The second-order valence-corrected chi connectivity index (χ2v) is 6.63. The van der Waals surface area contributed by atoms with E-state index in [-0.39, 0.29) is 0 Å². The quantitative estimate of drug-likeness (QED) is 0.918. The molecule has 0 atom stereocenters. The van der Waals surface area contributed by atoms with Crippen molar-refractivity contribution < 1.29 is 4.74 Å². The minimum atomic E-state index is 0.337. The Bertz CT molecular complexity index is 613. The van der Waals surface area contributed by atoms with Gasteiger partial charge < -0.3 is 15.0 Å². The first-order chi connectivity index (χ1) is 9.69. The van der Waals surface area contributed by atoms with Gasteiger partial charge in [0.2, 0.25) is 5.95 Å². The minimum Gasteiger partial charge on any atom is -0.492 e. The van der Waals surface area contributed by atoms with E-state index in [9.17, 15) is 0 Å². The number of benzene rings is 1. The van der Waals surface area contributed by atoms with Crippen LogP contribution in [0.1, 0.15) is 26.2 Å². The summed E-state index contributed by atoms with van der Waals surface area (Å²) in [7, 11) is 0. The van der Waals surface area contributed by atoms with Crippen LogP contribution in [0.25, 0.3) is 11.0 Å². The van der Waals surface area contributed by atoms with E-state index < -0.39 is 0 Å². The molecular weight excluding hydrogens is 270 g/mol. The lowest BCUT2D eigenvalue weighted by Crippen LogP contribution is -2.38. The molecule has 4 nitrogen and oxygen atoms in total. The van der Waals surface area contributed by atoms with Crippen LogP contribution >= 0.6 is 11.8 Å². The molecule has 0 unspecified atom stereocenters. The molecule has 1 fully saturated rings. The zero-order valence-corrected chi connectivity index (χ0v) is 12.9. The molecule has 1 aliphatic rings. The number of thioether (sulfide) groups is 1. The topological polar surface area (TPSA) is 53.1 Å². The van der Waals surface area contributed by atoms with Gasteiger partial charge >= 0.3 is 0 Å². The molecule has 0 radical (unpaired) electrons. The summed E-state index contributed by atoms with van der Waals surface area (Å²) in [4.78, 5) is 4.52. The maximum Gasteiger partial charge on any atom is 0.201 e. The number of nitrogens with two attached hydrogens (primary N) is 1. The molecule has 108 valence electrons. The number of para-hydroxylation sites is 1. The lowest BCUT2D eigenvalue weighted by atomic mass is 9.84. The summed E-state index contributed by atoms with van der Waals surface area (Å²) in [6.45, 7) is 3.56. The fourth-order valence-corrected chi connectivity index (χ4v) is 3.82. The number of nitrogens with zero attached hydrogens (tertiary/aromatic N) is 2. The summed E-state index contributed by atoms with van der Waals surface area (Å²) in [5, 5.41) is 0. The molecule has 2 aromatic rings. The van der Waals surface area contributed by atoms with Crippen LogP contribution in [0.4, 0.5) is 5.95 Å². The highest BCUT2D eigenvalue weighted by Crippen LogP contribution is 2.45. The molecule has 1 heterocycles. The van der Waals surface area contributed by atoms with Crippen molar-refractivity contribution in [1.29, 1.82) is 0 Å². The van der Waals surface area contributed by atoms with E-state index in [1.807, 2.05) is 30.8 Å². The van der Waals surface area contributed by atoms with E-state index in [2.05, 4.69) is 21.9 Å². The van der Waals surface area contributed by atoms with Gasteiger partial charge in [0, 0.05) is 11.3 Å². The molecule has 0 amide bonds. The van der Waals surface area contributed by atoms with E-state index in [0.29, 0.717) is 17.3 Å². The Morgan fingerprint density at radius 2 is 2.25 bits per heavy atom. The number of rotatable bonds is 5. The summed E-state index contributed by atoms with van der Waals surface area (Å²) < 4.78 is 8.13. The summed E-state index contributed by atoms with van der Waals surface area (Å²) in [6, 6.07) is 6.04. The Hall–Kier alpha value is -1.36. The van der Waals surface area contributed by atoms with E-state index in [0.717, 1.165) is 23.3 Å². The lowest BCUT2D eigenvalue weighted by molar-refractivity contribution is 0.326. The van der Waals surface area contributed by atoms with Gasteiger partial charge in [-0.3, -0.25) is 0 Å². The third kappa shape index (κ3) is 2.14. The van der Waals surface area contributed by atoms with Crippen molar-refractivity contribution >= 4 is 28.7 Å². The molecule has 2 N–H and O–H groups in total. The number of anilines is 1. The molecule has 0 saturated heterocycles. The molecular formula is C15H21N3OS.